The molecule has 0 saturated heterocycles. The molecule has 1 atom stereocenters. The molecule has 1 N–H and O–H groups in total. The van der Waals surface area contributed by atoms with Crippen LogP contribution >= 0.6 is 0 Å². The van der Waals surface area contributed by atoms with Crippen LogP contribution in [0.1, 0.15) is 54.6 Å². The van der Waals surface area contributed by atoms with Crippen LogP contribution in [0.4, 0.5) is 4.79 Å². The zero-order valence-corrected chi connectivity index (χ0v) is 18.8. The summed E-state index contributed by atoms with van der Waals surface area (Å²) in [5.41, 5.74) is 1.60. The van der Waals surface area contributed by atoms with Gasteiger partial charge in [-0.05, 0) is 56.2 Å². The molecule has 0 aromatic heterocycles. The van der Waals surface area contributed by atoms with Gasteiger partial charge in [-0.25, -0.2) is 4.79 Å². The van der Waals surface area contributed by atoms with Crippen molar-refractivity contribution in [1.29, 1.82) is 0 Å². The van der Waals surface area contributed by atoms with Crippen molar-refractivity contribution in [2.75, 3.05) is 13.7 Å². The van der Waals surface area contributed by atoms with Crippen molar-refractivity contribution >= 4 is 24.4 Å². The van der Waals surface area contributed by atoms with Crippen molar-refractivity contribution in [2.45, 2.75) is 44.7 Å². The molecule has 1 saturated carbocycles. The van der Waals surface area contributed by atoms with Gasteiger partial charge < -0.3 is 15.0 Å². The Labute approximate surface area is 189 Å². The molecule has 0 bridgehead atoms. The Morgan fingerprint density at radius 1 is 1.10 bits per heavy atom. The Bertz CT molecular complexity index is 898. The number of rotatable bonds is 7. The minimum Gasteiger partial charge on any atom is -0.496 e. The summed E-state index contributed by atoms with van der Waals surface area (Å²) in [5, 5.41) is 3.25. The molecule has 3 rings (SSSR count). The lowest BCUT2D eigenvalue weighted by Gasteiger charge is -2.38. The van der Waals surface area contributed by atoms with E-state index in [4.69, 9.17) is 4.74 Å². The van der Waals surface area contributed by atoms with Gasteiger partial charge in [0.05, 0.1) is 18.7 Å². The summed E-state index contributed by atoms with van der Waals surface area (Å²) in [5.74, 6) is 0.676. The Morgan fingerprint density at radius 3 is 2.35 bits per heavy atom. The molecule has 31 heavy (non-hydrogen) atoms. The number of ether oxygens (including phenoxy) is 1. The summed E-state index contributed by atoms with van der Waals surface area (Å²) in [7, 11) is 1.57. The van der Waals surface area contributed by atoms with Crippen LogP contribution in [-0.4, -0.2) is 36.5 Å². The maximum absolute atomic E-state index is 13.1. The van der Waals surface area contributed by atoms with Crippen LogP contribution < -0.4 is 10.1 Å². The van der Waals surface area contributed by atoms with E-state index in [1.54, 1.807) is 24.1 Å². The van der Waals surface area contributed by atoms with Crippen LogP contribution in [0, 0.1) is 5.92 Å². The van der Waals surface area contributed by atoms with Gasteiger partial charge in [0.1, 0.15) is 5.75 Å². The number of amides is 3. The van der Waals surface area contributed by atoms with E-state index in [9.17, 15) is 9.59 Å². The number of nitrogens with one attached hydrogen (secondary N) is 1. The molecule has 2 aromatic carbocycles. The third kappa shape index (κ3) is 5.47. The van der Waals surface area contributed by atoms with E-state index in [-0.39, 0.29) is 29.9 Å². The first kappa shape index (κ1) is 22.9. The number of para-hydroxylation sites is 1. The van der Waals surface area contributed by atoms with Gasteiger partial charge in [0, 0.05) is 25.0 Å². The predicted octanol–water partition coefficient (Wildman–Crippen LogP) is 4.90. The third-order valence-electron chi connectivity index (χ3n) is 6.11. The molecule has 1 fully saturated rings. The number of nitrogens with zero attached hydrogens (tertiary/aromatic N) is 2. The second-order valence-electron chi connectivity index (χ2n) is 7.79. The topological polar surface area (TPSA) is 71.0 Å². The van der Waals surface area contributed by atoms with Gasteiger partial charge >= 0.3 is 6.03 Å². The average molecular weight is 440 g/mol. The summed E-state index contributed by atoms with van der Waals surface area (Å²) >= 11 is 4.61. The van der Waals surface area contributed by atoms with Crippen molar-refractivity contribution in [3.63, 3.8) is 0 Å². The normalized spacial score (nSPS) is 19.2. The molecular formula is C24H29N3O3S. The predicted molar refractivity (Wildman–Crippen MR) is 123 cm³/mol. The SMILES string of the molecule is CCN(C(=O)N=S)C1CCC(C(NC(=O)c2ccccc2OC)c2ccccc2)CC1. The van der Waals surface area contributed by atoms with Crippen LogP contribution in [0.3, 0.4) is 0 Å². The third-order valence-corrected chi connectivity index (χ3v) is 6.27. The highest BCUT2D eigenvalue weighted by Gasteiger charge is 2.33. The lowest BCUT2D eigenvalue weighted by molar-refractivity contribution is 0.0896. The van der Waals surface area contributed by atoms with Crippen LogP contribution in [0.5, 0.6) is 5.75 Å². The van der Waals surface area contributed by atoms with Gasteiger partial charge in [0.2, 0.25) is 0 Å². The lowest BCUT2D eigenvalue weighted by atomic mass is 9.78. The molecular weight excluding hydrogens is 410 g/mol. The van der Waals surface area contributed by atoms with Crippen molar-refractivity contribution in [3.05, 3.63) is 65.7 Å². The summed E-state index contributed by atoms with van der Waals surface area (Å²) in [4.78, 5) is 26.9. The van der Waals surface area contributed by atoms with E-state index in [0.717, 1.165) is 31.2 Å². The quantitative estimate of drug-likeness (QED) is 0.666. The summed E-state index contributed by atoms with van der Waals surface area (Å²) in [6.45, 7) is 2.55. The second-order valence-corrected chi connectivity index (χ2v) is 7.97. The van der Waals surface area contributed by atoms with E-state index in [2.05, 4.69) is 34.2 Å². The molecule has 0 heterocycles. The monoisotopic (exact) mass is 439 g/mol. The van der Waals surface area contributed by atoms with Crippen molar-refractivity contribution < 1.29 is 14.3 Å². The first-order valence-electron chi connectivity index (χ1n) is 10.7. The molecule has 0 aliphatic heterocycles. The summed E-state index contributed by atoms with van der Waals surface area (Å²) < 4.78 is 8.80. The van der Waals surface area contributed by atoms with Crippen molar-refractivity contribution in [1.82, 2.24) is 10.2 Å². The number of hydrogen-bond donors (Lipinski definition) is 1. The van der Waals surface area contributed by atoms with E-state index in [1.165, 1.54) is 0 Å². The maximum atomic E-state index is 13.1. The first-order chi connectivity index (χ1) is 15.1. The highest BCUT2D eigenvalue weighted by atomic mass is 32.1. The number of benzene rings is 2. The van der Waals surface area contributed by atoms with E-state index in [1.807, 2.05) is 37.3 Å². The molecule has 1 aliphatic carbocycles. The van der Waals surface area contributed by atoms with Gasteiger partial charge in [-0.2, -0.15) is 0 Å². The lowest BCUT2D eigenvalue weighted by Crippen LogP contribution is -2.43. The zero-order valence-electron chi connectivity index (χ0n) is 18.0. The average Bonchev–Trinajstić information content (AvgIpc) is 2.83. The maximum Gasteiger partial charge on any atom is 0.355 e. The van der Waals surface area contributed by atoms with Gasteiger partial charge in [0.15, 0.2) is 0 Å². The molecule has 1 unspecified atom stereocenters. The zero-order chi connectivity index (χ0) is 22.2. The summed E-state index contributed by atoms with van der Waals surface area (Å²) in [6, 6.07) is 17.0. The highest BCUT2D eigenvalue weighted by Crippen LogP contribution is 2.37. The first-order valence-corrected chi connectivity index (χ1v) is 11.1. The minimum atomic E-state index is -0.329. The molecule has 2 aromatic rings. The molecule has 6 nitrogen and oxygen atoms in total. The number of methoxy groups -OCH3 is 1. The van der Waals surface area contributed by atoms with Crippen LogP contribution in [0.15, 0.2) is 59.0 Å². The molecule has 7 heteroatoms. The molecule has 3 amide bonds. The Balaban J connectivity index is 1.77. The smallest absolute Gasteiger partial charge is 0.355 e. The molecule has 1 aliphatic rings. The minimum absolute atomic E-state index is 0.117. The van der Waals surface area contributed by atoms with Crippen LogP contribution in [0.25, 0.3) is 0 Å². The van der Waals surface area contributed by atoms with Gasteiger partial charge in [-0.15, -0.1) is 4.36 Å². The van der Waals surface area contributed by atoms with Crippen molar-refractivity contribution in [2.24, 2.45) is 10.3 Å². The van der Waals surface area contributed by atoms with Crippen molar-refractivity contribution in [3.8, 4) is 5.75 Å². The molecule has 0 radical (unpaired) electrons. The summed E-state index contributed by atoms with van der Waals surface area (Å²) in [6.07, 6.45) is 3.53. The fourth-order valence-corrected chi connectivity index (χ4v) is 4.64. The van der Waals surface area contributed by atoms with Crippen LogP contribution in [-0.2, 0) is 12.4 Å². The number of urea groups is 1. The fraction of sp³-hybridized carbons (Fsp3) is 0.417. The van der Waals surface area contributed by atoms with E-state index in [0.29, 0.717) is 17.9 Å². The number of carbonyl (C=O) groups excluding carboxylic acids is 2. The standard InChI is InChI=1S/C24H29N3O3S/c1-3-27(24(29)26-31)19-15-13-18(14-16-19)22(17-9-5-4-6-10-17)25-23(28)20-11-7-8-12-21(20)30-2/h4-12,18-19,22H,3,13-16H2,1-2H3,(H,25,28). The van der Waals surface area contributed by atoms with Gasteiger partial charge in [-0.3, -0.25) is 4.79 Å². The second kappa shape index (κ2) is 11.0. The Morgan fingerprint density at radius 2 is 1.74 bits per heavy atom. The Kier molecular flexibility index (Phi) is 8.12. The van der Waals surface area contributed by atoms with Gasteiger partial charge in [0.25, 0.3) is 5.91 Å². The fourth-order valence-electron chi connectivity index (χ4n) is 4.53. The number of hydrogen-bond acceptors (Lipinski definition) is 4. The van der Waals surface area contributed by atoms with Gasteiger partial charge in [-0.1, -0.05) is 42.5 Å². The Hall–Kier alpha value is -2.80. The highest BCUT2D eigenvalue weighted by molar-refractivity contribution is 7.47. The number of carbonyl (C=O) groups is 2. The van der Waals surface area contributed by atoms with E-state index < -0.39 is 0 Å². The molecule has 0 spiro atoms. The molecule has 164 valence electrons. The largest absolute Gasteiger partial charge is 0.496 e. The van der Waals surface area contributed by atoms with E-state index >= 15 is 0 Å². The van der Waals surface area contributed by atoms with Crippen LogP contribution in [0.2, 0.25) is 0 Å².